The molecule has 1 aliphatic heterocycles. The topological polar surface area (TPSA) is 127 Å². The number of ketones is 2. The fraction of sp³-hybridized carbons (Fsp3) is 0.379. The summed E-state index contributed by atoms with van der Waals surface area (Å²) in [4.78, 5) is 76.8. The Morgan fingerprint density at radius 1 is 0.816 bits per heavy atom. The number of rotatable bonds is 14. The van der Waals surface area contributed by atoms with Gasteiger partial charge in [-0.05, 0) is 24.8 Å². The van der Waals surface area contributed by atoms with Crippen LogP contribution in [0.3, 0.4) is 0 Å². The van der Waals surface area contributed by atoms with E-state index in [1.165, 1.54) is 6.92 Å². The fourth-order valence-electron chi connectivity index (χ4n) is 4.18. The van der Waals surface area contributed by atoms with Crippen molar-refractivity contribution in [2.24, 2.45) is 0 Å². The number of nitrogens with one attached hydrogen (secondary N) is 1. The molecular formula is C29H32N2O7. The molecule has 1 aliphatic rings. The van der Waals surface area contributed by atoms with Crippen molar-refractivity contribution in [3.05, 3.63) is 71.3 Å². The van der Waals surface area contributed by atoms with E-state index in [-0.39, 0.29) is 43.2 Å². The maximum atomic E-state index is 12.8. The lowest BCUT2D eigenvalue weighted by Crippen LogP contribution is -2.41. The van der Waals surface area contributed by atoms with Gasteiger partial charge in [-0.3, -0.25) is 24.0 Å². The highest BCUT2D eigenvalue weighted by atomic mass is 16.7. The largest absolute Gasteiger partial charge is 0.346 e. The molecule has 1 unspecified atom stereocenters. The highest BCUT2D eigenvalue weighted by molar-refractivity contribution is 6.09. The van der Waals surface area contributed by atoms with Crippen molar-refractivity contribution >= 4 is 35.3 Å². The third-order valence-corrected chi connectivity index (χ3v) is 6.21. The monoisotopic (exact) mass is 520 g/mol. The van der Waals surface area contributed by atoms with Gasteiger partial charge in [-0.2, -0.15) is 0 Å². The normalized spacial score (nSPS) is 13.8. The zero-order chi connectivity index (χ0) is 27.5. The Kier molecular flexibility index (Phi) is 10.5. The average molecular weight is 521 g/mol. The summed E-state index contributed by atoms with van der Waals surface area (Å²) in [5.74, 6) is -2.12. The van der Waals surface area contributed by atoms with Gasteiger partial charge >= 0.3 is 5.97 Å². The number of carbonyl (C=O) groups is 6. The van der Waals surface area contributed by atoms with Crippen LogP contribution in [0.15, 0.2) is 54.6 Å². The van der Waals surface area contributed by atoms with Crippen molar-refractivity contribution < 1.29 is 33.6 Å². The summed E-state index contributed by atoms with van der Waals surface area (Å²) in [5, 5.41) is 3.26. The number of imide groups is 1. The molecule has 1 fully saturated rings. The smallest absolute Gasteiger partial charge is 0.333 e. The first-order valence-electron chi connectivity index (χ1n) is 12.8. The Morgan fingerprint density at radius 2 is 1.39 bits per heavy atom. The summed E-state index contributed by atoms with van der Waals surface area (Å²) in [7, 11) is 0. The van der Waals surface area contributed by atoms with Crippen LogP contribution in [0.4, 0.5) is 0 Å². The number of unbranched alkanes of at least 4 members (excludes halogenated alkanes) is 3. The number of amides is 3. The van der Waals surface area contributed by atoms with Crippen LogP contribution in [0.2, 0.25) is 0 Å². The number of nitrogens with zero attached hydrogens (tertiary/aromatic N) is 1. The number of hydrogen-bond acceptors (Lipinski definition) is 7. The van der Waals surface area contributed by atoms with Gasteiger partial charge in [0.1, 0.15) is 0 Å². The van der Waals surface area contributed by atoms with Crippen LogP contribution in [0.1, 0.15) is 79.8 Å². The molecule has 200 valence electrons. The van der Waals surface area contributed by atoms with Crippen LogP contribution in [0, 0.1) is 0 Å². The van der Waals surface area contributed by atoms with Crippen molar-refractivity contribution in [2.75, 3.05) is 0 Å². The van der Waals surface area contributed by atoms with Crippen molar-refractivity contribution in [1.29, 1.82) is 0 Å². The molecule has 0 spiro atoms. The molecule has 3 rings (SSSR count). The Morgan fingerprint density at radius 3 is 2.00 bits per heavy atom. The van der Waals surface area contributed by atoms with Crippen molar-refractivity contribution in [2.45, 2.75) is 70.8 Å². The second-order valence-corrected chi connectivity index (χ2v) is 9.27. The van der Waals surface area contributed by atoms with Gasteiger partial charge in [-0.1, -0.05) is 67.4 Å². The summed E-state index contributed by atoms with van der Waals surface area (Å²) in [6, 6.07) is 15.3. The molecule has 9 heteroatoms. The zero-order valence-electron chi connectivity index (χ0n) is 21.4. The Hall–Kier alpha value is -4.14. The third-order valence-electron chi connectivity index (χ3n) is 6.21. The van der Waals surface area contributed by atoms with Gasteiger partial charge in [-0.15, -0.1) is 5.06 Å². The van der Waals surface area contributed by atoms with Gasteiger partial charge in [0.2, 0.25) is 5.91 Å². The van der Waals surface area contributed by atoms with E-state index in [1.807, 2.05) is 6.07 Å². The highest BCUT2D eigenvalue weighted by Gasteiger charge is 2.32. The standard InChI is InChI=1S/C29H32N2O7/c1-20(32)30-24(19-21-13-15-23(16-14-21)29(37)22-9-5-4-6-10-22)25(33)11-7-2-3-8-12-28(36)38-31-26(34)17-18-27(31)35/h4-6,9-10,13-16,24H,2-3,7-8,11-12,17-19H2,1H3,(H,30,32). The number of carbonyl (C=O) groups excluding carboxylic acids is 6. The molecule has 3 amide bonds. The summed E-state index contributed by atoms with van der Waals surface area (Å²) in [6.07, 6.45) is 3.24. The second-order valence-electron chi connectivity index (χ2n) is 9.27. The van der Waals surface area contributed by atoms with Crippen molar-refractivity contribution in [1.82, 2.24) is 10.4 Å². The predicted octanol–water partition coefficient (Wildman–Crippen LogP) is 3.48. The minimum Gasteiger partial charge on any atom is -0.346 e. The molecule has 0 saturated carbocycles. The molecule has 38 heavy (non-hydrogen) atoms. The van der Waals surface area contributed by atoms with Crippen LogP contribution in [0.25, 0.3) is 0 Å². The SMILES string of the molecule is CC(=O)NC(Cc1ccc(C(=O)c2ccccc2)cc1)C(=O)CCCCCCC(=O)ON1C(=O)CCC1=O. The molecule has 1 heterocycles. The summed E-state index contributed by atoms with van der Waals surface area (Å²) < 4.78 is 0. The van der Waals surface area contributed by atoms with Gasteiger partial charge < -0.3 is 10.2 Å². The second kappa shape index (κ2) is 14.0. The number of hydrogen-bond donors (Lipinski definition) is 1. The number of benzene rings is 2. The lowest BCUT2D eigenvalue weighted by Gasteiger charge is -2.17. The highest BCUT2D eigenvalue weighted by Crippen LogP contribution is 2.16. The summed E-state index contributed by atoms with van der Waals surface area (Å²) in [6.45, 7) is 1.37. The van der Waals surface area contributed by atoms with E-state index >= 15 is 0 Å². The Balaban J connectivity index is 1.41. The van der Waals surface area contributed by atoms with Crippen LogP contribution in [-0.2, 0) is 35.2 Å². The molecule has 0 radical (unpaired) electrons. The lowest BCUT2D eigenvalue weighted by atomic mass is 9.96. The van der Waals surface area contributed by atoms with Crippen molar-refractivity contribution in [3.63, 3.8) is 0 Å². The first kappa shape index (κ1) is 28.4. The van der Waals surface area contributed by atoms with Gasteiger partial charge in [0.25, 0.3) is 11.8 Å². The van der Waals surface area contributed by atoms with E-state index in [4.69, 9.17) is 4.84 Å². The van der Waals surface area contributed by atoms with E-state index in [2.05, 4.69) is 5.32 Å². The summed E-state index contributed by atoms with van der Waals surface area (Å²) in [5.41, 5.74) is 1.97. The molecule has 0 bridgehead atoms. The molecule has 1 atom stereocenters. The Labute approximate surface area is 221 Å². The third kappa shape index (κ3) is 8.47. The first-order valence-corrected chi connectivity index (χ1v) is 12.8. The minimum atomic E-state index is -0.673. The van der Waals surface area contributed by atoms with E-state index in [0.717, 1.165) is 5.56 Å². The lowest BCUT2D eigenvalue weighted by molar-refractivity contribution is -0.197. The average Bonchev–Trinajstić information content (AvgIpc) is 3.22. The Bertz CT molecular complexity index is 1160. The van der Waals surface area contributed by atoms with Gasteiger partial charge in [0.05, 0.1) is 6.04 Å². The molecule has 9 nitrogen and oxygen atoms in total. The van der Waals surface area contributed by atoms with E-state index in [0.29, 0.717) is 48.3 Å². The van der Waals surface area contributed by atoms with Crippen LogP contribution in [-0.4, -0.2) is 46.4 Å². The van der Waals surface area contributed by atoms with Gasteiger partial charge in [-0.25, -0.2) is 4.79 Å². The molecule has 1 N–H and O–H groups in total. The maximum absolute atomic E-state index is 12.8. The van der Waals surface area contributed by atoms with Gasteiger partial charge in [0, 0.05) is 43.7 Å². The van der Waals surface area contributed by atoms with E-state index in [9.17, 15) is 28.8 Å². The van der Waals surface area contributed by atoms with Crippen LogP contribution < -0.4 is 5.32 Å². The van der Waals surface area contributed by atoms with Gasteiger partial charge in [0.15, 0.2) is 11.6 Å². The molecule has 2 aromatic rings. The molecule has 2 aromatic carbocycles. The summed E-state index contributed by atoms with van der Waals surface area (Å²) >= 11 is 0. The fourth-order valence-corrected chi connectivity index (χ4v) is 4.18. The minimum absolute atomic E-state index is 0.0544. The quantitative estimate of drug-likeness (QED) is 0.230. The van der Waals surface area contributed by atoms with Crippen LogP contribution >= 0.6 is 0 Å². The van der Waals surface area contributed by atoms with E-state index < -0.39 is 23.8 Å². The first-order chi connectivity index (χ1) is 18.2. The maximum Gasteiger partial charge on any atom is 0.333 e. The number of hydroxylamine groups is 2. The molecular weight excluding hydrogens is 488 g/mol. The molecule has 1 saturated heterocycles. The zero-order valence-corrected chi connectivity index (χ0v) is 21.4. The predicted molar refractivity (Wildman–Crippen MR) is 138 cm³/mol. The number of Topliss-reactive ketones (excluding diaryl/α,β-unsaturated/α-hetero) is 1. The molecule has 0 aliphatic carbocycles. The van der Waals surface area contributed by atoms with Crippen LogP contribution in [0.5, 0.6) is 0 Å². The van der Waals surface area contributed by atoms with E-state index in [1.54, 1.807) is 48.5 Å². The molecule has 0 aromatic heterocycles. The van der Waals surface area contributed by atoms with Crippen molar-refractivity contribution in [3.8, 4) is 0 Å².